The number of aliphatic hydroxyl groups excluding tert-OH is 1. The molecule has 0 spiro atoms. The summed E-state index contributed by atoms with van der Waals surface area (Å²) in [6, 6.07) is 7.25. The molecule has 0 heterocycles. The lowest BCUT2D eigenvalue weighted by atomic mass is 9.97. The van der Waals surface area contributed by atoms with E-state index in [9.17, 15) is 9.90 Å². The third kappa shape index (κ3) is 5.56. The van der Waals surface area contributed by atoms with E-state index in [1.54, 1.807) is 0 Å². The number of amides is 2. The van der Waals surface area contributed by atoms with Gasteiger partial charge in [-0.25, -0.2) is 4.79 Å². The Morgan fingerprint density at radius 1 is 1.41 bits per heavy atom. The van der Waals surface area contributed by atoms with E-state index in [-0.39, 0.29) is 18.7 Å². The van der Waals surface area contributed by atoms with Crippen LogP contribution in [0.1, 0.15) is 52.1 Å². The topological polar surface area (TPSA) is 70.6 Å². The van der Waals surface area contributed by atoms with Crippen molar-refractivity contribution in [3.63, 3.8) is 0 Å². The van der Waals surface area contributed by atoms with Crippen molar-refractivity contribution in [2.75, 3.05) is 13.2 Å². The van der Waals surface area contributed by atoms with Crippen LogP contribution in [0.5, 0.6) is 5.75 Å². The SMILES string of the molecule is CCCC(C)(CO)NC(=O)NC(C)c1cccc(OCC)c1. The Balaban J connectivity index is 2.65. The smallest absolute Gasteiger partial charge is 0.315 e. The van der Waals surface area contributed by atoms with Crippen molar-refractivity contribution in [2.45, 2.75) is 52.1 Å². The quantitative estimate of drug-likeness (QED) is 0.691. The van der Waals surface area contributed by atoms with Crippen LogP contribution in [0.2, 0.25) is 0 Å². The summed E-state index contributed by atoms with van der Waals surface area (Å²) in [5.74, 6) is 0.792. The van der Waals surface area contributed by atoms with Gasteiger partial charge in [-0.15, -0.1) is 0 Å². The normalized spacial score (nSPS) is 14.8. The van der Waals surface area contributed by atoms with Crippen LogP contribution in [-0.4, -0.2) is 29.9 Å². The summed E-state index contributed by atoms with van der Waals surface area (Å²) < 4.78 is 5.47. The van der Waals surface area contributed by atoms with Gasteiger partial charge < -0.3 is 20.5 Å². The third-order valence-electron chi connectivity index (χ3n) is 3.58. The van der Waals surface area contributed by atoms with Crippen LogP contribution in [0.15, 0.2) is 24.3 Å². The minimum absolute atomic E-state index is 0.0809. The predicted octanol–water partition coefficient (Wildman–Crippen LogP) is 3.00. The van der Waals surface area contributed by atoms with E-state index in [4.69, 9.17) is 4.74 Å². The Hall–Kier alpha value is -1.75. The van der Waals surface area contributed by atoms with Gasteiger partial charge in [-0.2, -0.15) is 0 Å². The van der Waals surface area contributed by atoms with Gasteiger partial charge in [-0.1, -0.05) is 25.5 Å². The van der Waals surface area contributed by atoms with Crippen LogP contribution in [0.3, 0.4) is 0 Å². The van der Waals surface area contributed by atoms with Crippen molar-refractivity contribution in [3.8, 4) is 5.75 Å². The molecule has 2 unspecified atom stereocenters. The molecule has 5 nitrogen and oxygen atoms in total. The number of carbonyl (C=O) groups is 1. The van der Waals surface area contributed by atoms with Crippen molar-refractivity contribution in [3.05, 3.63) is 29.8 Å². The van der Waals surface area contributed by atoms with E-state index in [1.165, 1.54) is 0 Å². The maximum atomic E-state index is 12.1. The van der Waals surface area contributed by atoms with Gasteiger partial charge in [0.25, 0.3) is 0 Å². The zero-order valence-electron chi connectivity index (χ0n) is 14.0. The highest BCUT2D eigenvalue weighted by Gasteiger charge is 2.25. The molecule has 5 heteroatoms. The monoisotopic (exact) mass is 308 g/mol. The fraction of sp³-hybridized carbons (Fsp3) is 0.588. The van der Waals surface area contributed by atoms with E-state index < -0.39 is 5.54 Å². The van der Waals surface area contributed by atoms with Crippen molar-refractivity contribution >= 4 is 6.03 Å². The molecule has 0 radical (unpaired) electrons. The lowest BCUT2D eigenvalue weighted by molar-refractivity contribution is 0.162. The van der Waals surface area contributed by atoms with Gasteiger partial charge in [-0.05, 0) is 44.9 Å². The fourth-order valence-corrected chi connectivity index (χ4v) is 2.36. The number of rotatable bonds is 8. The van der Waals surface area contributed by atoms with Crippen LogP contribution in [-0.2, 0) is 0 Å². The largest absolute Gasteiger partial charge is 0.494 e. The maximum Gasteiger partial charge on any atom is 0.315 e. The molecule has 0 fully saturated rings. The average Bonchev–Trinajstić information content (AvgIpc) is 2.48. The van der Waals surface area contributed by atoms with Crippen molar-refractivity contribution in [1.29, 1.82) is 0 Å². The van der Waals surface area contributed by atoms with E-state index in [0.717, 1.165) is 24.2 Å². The third-order valence-corrected chi connectivity index (χ3v) is 3.58. The number of aliphatic hydroxyl groups is 1. The Labute approximate surface area is 133 Å². The first-order valence-electron chi connectivity index (χ1n) is 7.86. The second-order valence-corrected chi connectivity index (χ2v) is 5.79. The molecule has 22 heavy (non-hydrogen) atoms. The molecule has 0 aliphatic carbocycles. The number of ether oxygens (including phenoxy) is 1. The zero-order chi connectivity index (χ0) is 16.6. The number of urea groups is 1. The number of carbonyl (C=O) groups excluding carboxylic acids is 1. The number of hydrogen-bond donors (Lipinski definition) is 3. The molecule has 2 amide bonds. The second kappa shape index (κ2) is 8.63. The molecule has 124 valence electrons. The van der Waals surface area contributed by atoms with Gasteiger partial charge in [0.1, 0.15) is 5.75 Å². The lowest BCUT2D eigenvalue weighted by Gasteiger charge is -2.29. The molecule has 0 aliphatic rings. The Morgan fingerprint density at radius 3 is 2.73 bits per heavy atom. The number of nitrogens with one attached hydrogen (secondary N) is 2. The summed E-state index contributed by atoms with van der Waals surface area (Å²) in [5, 5.41) is 15.2. The van der Waals surface area contributed by atoms with Crippen LogP contribution in [0, 0.1) is 0 Å². The van der Waals surface area contributed by atoms with Crippen LogP contribution >= 0.6 is 0 Å². The Bertz CT molecular complexity index is 479. The zero-order valence-corrected chi connectivity index (χ0v) is 14.0. The molecule has 0 saturated heterocycles. The van der Waals surface area contributed by atoms with Crippen LogP contribution in [0.4, 0.5) is 4.79 Å². The number of hydrogen-bond acceptors (Lipinski definition) is 3. The van der Waals surface area contributed by atoms with Crippen molar-refractivity contribution < 1.29 is 14.6 Å². The highest BCUT2D eigenvalue weighted by molar-refractivity contribution is 5.75. The van der Waals surface area contributed by atoms with Crippen LogP contribution in [0.25, 0.3) is 0 Å². The van der Waals surface area contributed by atoms with Gasteiger partial charge in [0.2, 0.25) is 0 Å². The highest BCUT2D eigenvalue weighted by Crippen LogP contribution is 2.19. The van der Waals surface area contributed by atoms with Crippen LogP contribution < -0.4 is 15.4 Å². The summed E-state index contributed by atoms with van der Waals surface area (Å²) in [6.07, 6.45) is 1.62. The van der Waals surface area contributed by atoms with Crippen molar-refractivity contribution in [2.24, 2.45) is 0 Å². The summed E-state index contributed by atoms with van der Waals surface area (Å²) in [4.78, 5) is 12.1. The van der Waals surface area contributed by atoms with Gasteiger partial charge in [0, 0.05) is 0 Å². The summed E-state index contributed by atoms with van der Waals surface area (Å²) in [5.41, 5.74) is 0.383. The fourth-order valence-electron chi connectivity index (χ4n) is 2.36. The standard InChI is InChI=1S/C17H28N2O3/c1-5-10-17(4,12-20)19-16(21)18-13(3)14-8-7-9-15(11-14)22-6-2/h7-9,11,13,20H,5-6,10,12H2,1-4H3,(H2,18,19,21). The first-order valence-corrected chi connectivity index (χ1v) is 7.86. The first kappa shape index (κ1) is 18.3. The second-order valence-electron chi connectivity index (χ2n) is 5.79. The Kier molecular flexibility index (Phi) is 7.18. The van der Waals surface area contributed by atoms with Crippen molar-refractivity contribution in [1.82, 2.24) is 10.6 Å². The molecule has 2 atom stereocenters. The predicted molar refractivity (Wildman–Crippen MR) is 88.1 cm³/mol. The van der Waals surface area contributed by atoms with E-state index in [1.807, 2.05) is 52.0 Å². The molecular weight excluding hydrogens is 280 g/mol. The lowest BCUT2D eigenvalue weighted by Crippen LogP contribution is -2.52. The van der Waals surface area contributed by atoms with Gasteiger partial charge in [-0.3, -0.25) is 0 Å². The molecule has 1 aromatic rings. The van der Waals surface area contributed by atoms with E-state index in [0.29, 0.717) is 6.61 Å². The van der Waals surface area contributed by atoms with Gasteiger partial charge in [0.15, 0.2) is 0 Å². The molecule has 0 bridgehead atoms. The summed E-state index contributed by atoms with van der Waals surface area (Å²) in [7, 11) is 0. The minimum Gasteiger partial charge on any atom is -0.494 e. The summed E-state index contributed by atoms with van der Waals surface area (Å²) in [6.45, 7) is 8.25. The molecule has 0 aliphatic heterocycles. The molecule has 0 aromatic heterocycles. The molecular formula is C17H28N2O3. The van der Waals surface area contributed by atoms with Gasteiger partial charge in [0.05, 0.1) is 24.8 Å². The molecule has 3 N–H and O–H groups in total. The molecule has 1 rings (SSSR count). The number of benzene rings is 1. The average molecular weight is 308 g/mol. The summed E-state index contributed by atoms with van der Waals surface area (Å²) >= 11 is 0. The first-order chi connectivity index (χ1) is 10.4. The van der Waals surface area contributed by atoms with E-state index >= 15 is 0 Å². The molecule has 0 saturated carbocycles. The Morgan fingerprint density at radius 2 is 2.14 bits per heavy atom. The minimum atomic E-state index is -0.592. The van der Waals surface area contributed by atoms with E-state index in [2.05, 4.69) is 10.6 Å². The highest BCUT2D eigenvalue weighted by atomic mass is 16.5. The molecule has 1 aromatic carbocycles. The maximum absolute atomic E-state index is 12.1. The van der Waals surface area contributed by atoms with Gasteiger partial charge >= 0.3 is 6.03 Å².